The number of esters is 1. The average molecular weight is 214 g/mol. The molecule has 0 aromatic carbocycles. The van der Waals surface area contributed by atoms with E-state index in [9.17, 15) is 4.79 Å². The van der Waals surface area contributed by atoms with Gasteiger partial charge in [-0.25, -0.2) is 4.79 Å². The summed E-state index contributed by atoms with van der Waals surface area (Å²) in [6.45, 7) is 7.25. The van der Waals surface area contributed by atoms with Gasteiger partial charge in [-0.3, -0.25) is 0 Å². The van der Waals surface area contributed by atoms with Gasteiger partial charge in [0.05, 0.1) is 0 Å². The van der Waals surface area contributed by atoms with Crippen molar-refractivity contribution in [3.63, 3.8) is 0 Å². The first-order valence-electron chi connectivity index (χ1n) is 4.26. The van der Waals surface area contributed by atoms with E-state index < -0.39 is 11.6 Å². The number of rotatable bonds is 1. The van der Waals surface area contributed by atoms with Gasteiger partial charge in [0.15, 0.2) is 5.82 Å². The maximum Gasteiger partial charge on any atom is 0.343 e. The van der Waals surface area contributed by atoms with Gasteiger partial charge in [0.2, 0.25) is 0 Å². The minimum atomic E-state index is -0.502. The van der Waals surface area contributed by atoms with Crippen LogP contribution in [-0.4, -0.2) is 15.9 Å². The first-order chi connectivity index (χ1) is 6.31. The molecule has 1 aromatic rings. The summed E-state index contributed by atoms with van der Waals surface area (Å²) in [5.41, 5.74) is 5.45. The number of anilines is 1. The maximum atomic E-state index is 11.6. The molecule has 0 aliphatic rings. The summed E-state index contributed by atoms with van der Waals surface area (Å²) < 4.78 is 9.08. The highest BCUT2D eigenvalue weighted by atomic mass is 32.1. The monoisotopic (exact) mass is 214 g/mol. The van der Waals surface area contributed by atoms with Crippen LogP contribution in [0.2, 0.25) is 0 Å². The van der Waals surface area contributed by atoms with Gasteiger partial charge in [0.25, 0.3) is 0 Å². The standard InChI is InChI=1S/C9H14N2O2S/c1-5-6(7(10)11-14-5)8(12)13-9(2,3)4/h1-4H3,(H2,10,11). The second kappa shape index (κ2) is 3.57. The number of aryl methyl sites for hydroxylation is 1. The SMILES string of the molecule is Cc1snc(N)c1C(=O)OC(C)(C)C. The molecule has 0 bridgehead atoms. The minimum absolute atomic E-state index is 0.252. The van der Waals surface area contributed by atoms with E-state index in [0.717, 1.165) is 4.88 Å². The highest BCUT2D eigenvalue weighted by molar-refractivity contribution is 7.06. The minimum Gasteiger partial charge on any atom is -0.456 e. The van der Waals surface area contributed by atoms with E-state index >= 15 is 0 Å². The summed E-state index contributed by atoms with van der Waals surface area (Å²) in [5, 5.41) is 0. The quantitative estimate of drug-likeness (QED) is 0.726. The fraction of sp³-hybridized carbons (Fsp3) is 0.556. The predicted molar refractivity (Wildman–Crippen MR) is 56.4 cm³/mol. The fourth-order valence-electron chi connectivity index (χ4n) is 0.967. The van der Waals surface area contributed by atoms with Crippen molar-refractivity contribution in [3.05, 3.63) is 10.4 Å². The Balaban J connectivity index is 2.90. The van der Waals surface area contributed by atoms with Gasteiger partial charge < -0.3 is 10.5 Å². The number of carbonyl (C=O) groups is 1. The topological polar surface area (TPSA) is 65.2 Å². The summed E-state index contributed by atoms with van der Waals surface area (Å²) >= 11 is 1.21. The Labute approximate surface area is 87.2 Å². The molecule has 2 N–H and O–H groups in total. The lowest BCUT2D eigenvalue weighted by Crippen LogP contribution is -2.24. The van der Waals surface area contributed by atoms with Gasteiger partial charge in [-0.05, 0) is 39.2 Å². The van der Waals surface area contributed by atoms with E-state index in [1.54, 1.807) is 6.92 Å². The third-order valence-corrected chi connectivity index (χ3v) is 2.26. The summed E-state index contributed by atoms with van der Waals surface area (Å²) in [6, 6.07) is 0. The number of ether oxygens (including phenoxy) is 1. The Bertz CT molecular complexity index is 333. The number of nitrogens with two attached hydrogens (primary N) is 1. The van der Waals surface area contributed by atoms with E-state index in [1.807, 2.05) is 20.8 Å². The number of nitrogen functional groups attached to an aromatic ring is 1. The van der Waals surface area contributed by atoms with E-state index in [0.29, 0.717) is 5.56 Å². The molecule has 1 rings (SSSR count). The van der Waals surface area contributed by atoms with Crippen LogP contribution in [0.4, 0.5) is 5.82 Å². The van der Waals surface area contributed by atoms with Crippen molar-refractivity contribution in [2.75, 3.05) is 5.73 Å². The second-order valence-electron chi connectivity index (χ2n) is 4.00. The first-order valence-corrected chi connectivity index (χ1v) is 5.03. The van der Waals surface area contributed by atoms with Crippen LogP contribution in [0.25, 0.3) is 0 Å². The normalized spacial score (nSPS) is 11.4. The van der Waals surface area contributed by atoms with Gasteiger partial charge >= 0.3 is 5.97 Å². The molecule has 4 nitrogen and oxygen atoms in total. The van der Waals surface area contributed by atoms with E-state index in [2.05, 4.69) is 4.37 Å². The smallest absolute Gasteiger partial charge is 0.343 e. The lowest BCUT2D eigenvalue weighted by molar-refractivity contribution is 0.00705. The van der Waals surface area contributed by atoms with Crippen LogP contribution < -0.4 is 5.73 Å². The third kappa shape index (κ3) is 2.45. The zero-order chi connectivity index (χ0) is 10.9. The lowest BCUT2D eigenvalue weighted by atomic mass is 10.2. The summed E-state index contributed by atoms with van der Waals surface area (Å²) in [7, 11) is 0. The Kier molecular flexibility index (Phi) is 2.80. The fourth-order valence-corrected chi connectivity index (χ4v) is 1.57. The molecule has 1 aromatic heterocycles. The van der Waals surface area contributed by atoms with Crippen LogP contribution in [0.1, 0.15) is 36.0 Å². The Hall–Kier alpha value is -1.10. The lowest BCUT2D eigenvalue weighted by Gasteiger charge is -2.19. The third-order valence-electron chi connectivity index (χ3n) is 1.49. The van der Waals surface area contributed by atoms with Crippen molar-refractivity contribution in [1.29, 1.82) is 0 Å². The Morgan fingerprint density at radius 1 is 1.50 bits per heavy atom. The molecule has 14 heavy (non-hydrogen) atoms. The van der Waals surface area contributed by atoms with E-state index in [-0.39, 0.29) is 5.82 Å². The molecule has 0 aliphatic heterocycles. The number of aromatic nitrogens is 1. The molecule has 0 fully saturated rings. The molecule has 5 heteroatoms. The molecule has 0 radical (unpaired) electrons. The van der Waals surface area contributed by atoms with Crippen LogP contribution in [0.15, 0.2) is 0 Å². The van der Waals surface area contributed by atoms with Gasteiger partial charge in [0, 0.05) is 4.88 Å². The van der Waals surface area contributed by atoms with Crippen molar-refractivity contribution in [2.45, 2.75) is 33.3 Å². The molecular weight excluding hydrogens is 200 g/mol. The Morgan fingerprint density at radius 2 is 2.07 bits per heavy atom. The van der Waals surface area contributed by atoms with Crippen molar-refractivity contribution < 1.29 is 9.53 Å². The molecule has 0 atom stereocenters. The van der Waals surface area contributed by atoms with Crippen LogP contribution in [-0.2, 0) is 4.74 Å². The maximum absolute atomic E-state index is 11.6. The number of nitrogens with zero attached hydrogens (tertiary/aromatic N) is 1. The van der Waals surface area contributed by atoms with Gasteiger partial charge in [-0.15, -0.1) is 0 Å². The molecule has 0 aliphatic carbocycles. The number of carbonyl (C=O) groups excluding carboxylic acids is 1. The van der Waals surface area contributed by atoms with Crippen molar-refractivity contribution in [3.8, 4) is 0 Å². The highest BCUT2D eigenvalue weighted by Crippen LogP contribution is 2.22. The molecule has 1 heterocycles. The zero-order valence-corrected chi connectivity index (χ0v) is 9.57. The highest BCUT2D eigenvalue weighted by Gasteiger charge is 2.23. The second-order valence-corrected chi connectivity index (χ2v) is 4.98. The molecule has 78 valence electrons. The van der Waals surface area contributed by atoms with E-state index in [4.69, 9.17) is 10.5 Å². The van der Waals surface area contributed by atoms with Crippen LogP contribution in [0.5, 0.6) is 0 Å². The van der Waals surface area contributed by atoms with Gasteiger partial charge in [-0.1, -0.05) is 0 Å². The summed E-state index contributed by atoms with van der Waals surface area (Å²) in [4.78, 5) is 12.4. The summed E-state index contributed by atoms with van der Waals surface area (Å²) in [5.74, 6) is -0.150. The van der Waals surface area contributed by atoms with Crippen molar-refractivity contribution in [1.82, 2.24) is 4.37 Å². The van der Waals surface area contributed by atoms with E-state index in [1.165, 1.54) is 11.5 Å². The molecule has 0 unspecified atom stereocenters. The van der Waals surface area contributed by atoms with Crippen molar-refractivity contribution >= 4 is 23.3 Å². The molecule has 0 saturated carbocycles. The number of hydrogen-bond donors (Lipinski definition) is 1. The molecule has 0 spiro atoms. The predicted octanol–water partition coefficient (Wildman–Crippen LogP) is 1.99. The largest absolute Gasteiger partial charge is 0.456 e. The molecule has 0 amide bonds. The van der Waals surface area contributed by atoms with Crippen LogP contribution >= 0.6 is 11.5 Å². The van der Waals surface area contributed by atoms with Gasteiger partial charge in [0.1, 0.15) is 11.2 Å². The van der Waals surface area contributed by atoms with Gasteiger partial charge in [-0.2, -0.15) is 4.37 Å². The first kappa shape index (κ1) is 11.0. The van der Waals surface area contributed by atoms with Crippen LogP contribution in [0, 0.1) is 6.92 Å². The van der Waals surface area contributed by atoms with Crippen molar-refractivity contribution in [2.24, 2.45) is 0 Å². The molecular formula is C9H14N2O2S. The average Bonchev–Trinajstić information content (AvgIpc) is 2.27. The number of hydrogen-bond acceptors (Lipinski definition) is 5. The Morgan fingerprint density at radius 3 is 2.43 bits per heavy atom. The van der Waals surface area contributed by atoms with Crippen LogP contribution in [0.3, 0.4) is 0 Å². The summed E-state index contributed by atoms with van der Waals surface area (Å²) in [6.07, 6.45) is 0. The molecule has 0 saturated heterocycles. The zero-order valence-electron chi connectivity index (χ0n) is 8.75.